The van der Waals surface area contributed by atoms with E-state index in [0.29, 0.717) is 12.8 Å². The molecule has 0 aliphatic heterocycles. The van der Waals surface area contributed by atoms with Crippen molar-refractivity contribution in [3.05, 3.63) is 12.2 Å². The maximum Gasteiger partial charge on any atom is 0.292 e. The summed E-state index contributed by atoms with van der Waals surface area (Å²) in [4.78, 5) is 11.7. The van der Waals surface area contributed by atoms with Gasteiger partial charge < -0.3 is 5.73 Å². The van der Waals surface area contributed by atoms with Crippen LogP contribution in [0.1, 0.15) is 39.5 Å². The summed E-state index contributed by atoms with van der Waals surface area (Å²) < 4.78 is 65.5. The summed E-state index contributed by atoms with van der Waals surface area (Å²) in [5.41, 5.74) is 1.63. The van der Waals surface area contributed by atoms with Gasteiger partial charge in [-0.3, -0.25) is 13.9 Å². The lowest BCUT2D eigenvalue weighted by Gasteiger charge is -2.49. The lowest BCUT2D eigenvalue weighted by atomic mass is 9.65. The van der Waals surface area contributed by atoms with Crippen molar-refractivity contribution in [1.29, 1.82) is 0 Å². The molecule has 0 aromatic carbocycles. The number of carbonyl (C=O) groups excluding carboxylic acids is 1. The number of hydrogen-bond acceptors (Lipinski definition) is 5. The van der Waals surface area contributed by atoms with Gasteiger partial charge in [-0.1, -0.05) is 20.4 Å². The van der Waals surface area contributed by atoms with Gasteiger partial charge in [0.2, 0.25) is 5.91 Å². The van der Waals surface area contributed by atoms with Crippen molar-refractivity contribution in [1.82, 2.24) is 0 Å². The smallest absolute Gasteiger partial charge is 0.292 e. The maximum absolute atomic E-state index is 12.3. The summed E-state index contributed by atoms with van der Waals surface area (Å²) in [5.74, 6) is -1.40. The van der Waals surface area contributed by atoms with E-state index in [0.717, 1.165) is 0 Å². The first-order valence-corrected chi connectivity index (χ1v) is 9.98. The third kappa shape index (κ3) is 1.92. The molecule has 0 spiro atoms. The highest BCUT2D eigenvalue weighted by Crippen LogP contribution is 2.73. The van der Waals surface area contributed by atoms with Gasteiger partial charge in [-0.2, -0.15) is 16.8 Å². The van der Waals surface area contributed by atoms with Crippen LogP contribution in [0.4, 0.5) is 0 Å². The fourth-order valence-electron chi connectivity index (χ4n) is 5.01. The molecule has 0 heterocycles. The molecule has 1 amide bonds. The molecule has 0 aromatic heterocycles. The van der Waals surface area contributed by atoms with Crippen molar-refractivity contribution < 1.29 is 30.7 Å². The molecule has 0 radical (unpaired) electrons. The lowest BCUT2D eigenvalue weighted by molar-refractivity contribution is -0.115. The van der Waals surface area contributed by atoms with Gasteiger partial charge in [0.1, 0.15) is 0 Å². The quantitative estimate of drug-likeness (QED) is 0.478. The molecule has 2 rings (SSSR count). The van der Waals surface area contributed by atoms with Crippen molar-refractivity contribution in [3.8, 4) is 0 Å². The molecule has 0 unspecified atom stereocenters. The molecule has 2 fully saturated rings. The van der Waals surface area contributed by atoms with E-state index in [1.807, 2.05) is 0 Å². The predicted octanol–water partition coefficient (Wildman–Crippen LogP) is 0.716. The van der Waals surface area contributed by atoms with Gasteiger partial charge in [0.25, 0.3) is 24.3 Å². The van der Waals surface area contributed by atoms with Gasteiger partial charge in [0.05, 0.1) is 5.57 Å². The van der Waals surface area contributed by atoms with E-state index in [4.69, 9.17) is 5.73 Å². The fourth-order valence-corrected chi connectivity index (χ4v) is 8.82. The van der Waals surface area contributed by atoms with Crippen LogP contribution in [0.2, 0.25) is 0 Å². The molecule has 4 N–H and O–H groups in total. The van der Waals surface area contributed by atoms with E-state index in [9.17, 15) is 30.7 Å². The van der Waals surface area contributed by atoms with Crippen LogP contribution in [0.25, 0.3) is 0 Å². The number of carbonyl (C=O) groups is 1. The minimum atomic E-state index is -5.47. The number of rotatable bonds is 5. The van der Waals surface area contributed by atoms with Crippen LogP contribution in [0, 0.1) is 16.7 Å². The van der Waals surface area contributed by atoms with Crippen molar-refractivity contribution in [2.75, 3.05) is 0 Å². The van der Waals surface area contributed by atoms with Crippen LogP contribution in [-0.2, 0) is 25.0 Å². The predicted molar refractivity (Wildman–Crippen MR) is 82.3 cm³/mol. The monoisotopic (exact) mass is 367 g/mol. The molecule has 0 atom stereocenters. The Balaban J connectivity index is 3.01. The molecule has 132 valence electrons. The molecule has 2 aliphatic rings. The number of amides is 1. The molecule has 10 heteroatoms. The van der Waals surface area contributed by atoms with Crippen LogP contribution in [0.5, 0.6) is 0 Å². The van der Waals surface area contributed by atoms with Gasteiger partial charge in [-0.25, -0.2) is 0 Å². The van der Waals surface area contributed by atoms with Crippen LogP contribution in [-0.4, -0.2) is 35.9 Å². The largest absolute Gasteiger partial charge is 0.366 e. The van der Waals surface area contributed by atoms with Crippen molar-refractivity contribution in [2.24, 2.45) is 22.5 Å². The second-order valence-corrected chi connectivity index (χ2v) is 10.4. The van der Waals surface area contributed by atoms with E-state index >= 15 is 0 Å². The van der Waals surface area contributed by atoms with Gasteiger partial charge >= 0.3 is 0 Å². The van der Waals surface area contributed by atoms with Gasteiger partial charge in [0, 0.05) is 5.41 Å². The summed E-state index contributed by atoms with van der Waals surface area (Å²) >= 11 is 0. The number of nitrogens with two attached hydrogens (primary N) is 1. The Morgan fingerprint density at radius 3 is 1.74 bits per heavy atom. The topological polar surface area (TPSA) is 152 Å². The fraction of sp³-hybridized carbons (Fsp3) is 0.769. The molecule has 0 saturated heterocycles. The molecule has 2 aliphatic carbocycles. The SMILES string of the molecule is C=C(C(N)=O)C(C12CCC(CC1)C2(C)C)(S(=O)(=O)O)S(=O)(=O)O. The van der Waals surface area contributed by atoms with E-state index in [-0.39, 0.29) is 18.8 Å². The molecule has 2 saturated carbocycles. The van der Waals surface area contributed by atoms with Gasteiger partial charge in [-0.15, -0.1) is 0 Å². The number of primary amides is 1. The zero-order valence-electron chi connectivity index (χ0n) is 12.9. The Morgan fingerprint density at radius 2 is 1.52 bits per heavy atom. The first-order chi connectivity index (χ1) is 10.2. The highest BCUT2D eigenvalue weighted by molar-refractivity contribution is 8.05. The minimum absolute atomic E-state index is 0.00560. The molecular formula is C13H21NO7S2. The molecule has 0 aromatic rings. The van der Waals surface area contributed by atoms with Crippen LogP contribution >= 0.6 is 0 Å². The number of hydrogen-bond donors (Lipinski definition) is 3. The Labute approximate surface area is 135 Å². The molecular weight excluding hydrogens is 346 g/mol. The second kappa shape index (κ2) is 4.78. The molecule has 8 nitrogen and oxygen atoms in total. The van der Waals surface area contributed by atoms with Gasteiger partial charge in [0.15, 0.2) is 0 Å². The van der Waals surface area contributed by atoms with E-state index in [1.165, 1.54) is 0 Å². The van der Waals surface area contributed by atoms with E-state index in [2.05, 4.69) is 6.58 Å². The van der Waals surface area contributed by atoms with Crippen molar-refractivity contribution in [3.63, 3.8) is 0 Å². The molecule has 23 heavy (non-hydrogen) atoms. The van der Waals surface area contributed by atoms with Crippen molar-refractivity contribution in [2.45, 2.75) is 43.6 Å². The van der Waals surface area contributed by atoms with E-state index in [1.54, 1.807) is 13.8 Å². The van der Waals surface area contributed by atoms with Crippen LogP contribution in [0.3, 0.4) is 0 Å². The summed E-state index contributed by atoms with van der Waals surface area (Å²) in [6.45, 7) is 6.58. The van der Waals surface area contributed by atoms with Crippen LogP contribution in [0.15, 0.2) is 12.2 Å². The highest BCUT2D eigenvalue weighted by atomic mass is 32.3. The highest BCUT2D eigenvalue weighted by Gasteiger charge is 2.78. The average Bonchev–Trinajstić information content (AvgIpc) is 2.73. The van der Waals surface area contributed by atoms with E-state index < -0.39 is 46.6 Å². The zero-order chi connectivity index (χ0) is 18.1. The first kappa shape index (κ1) is 18.4. The third-order valence-corrected chi connectivity index (χ3v) is 10.1. The summed E-state index contributed by atoms with van der Waals surface area (Å²) in [5, 5.41) is 0. The first-order valence-electron chi connectivity index (χ1n) is 7.10. The number of fused-ring (bicyclic) bond motifs is 2. The summed E-state index contributed by atoms with van der Waals surface area (Å²) in [6, 6.07) is 0. The Kier molecular flexibility index (Phi) is 3.81. The minimum Gasteiger partial charge on any atom is -0.366 e. The third-order valence-electron chi connectivity index (χ3n) is 6.14. The Hall–Kier alpha value is -0.970. The lowest BCUT2D eigenvalue weighted by Crippen LogP contribution is -2.64. The average molecular weight is 367 g/mol. The zero-order valence-corrected chi connectivity index (χ0v) is 14.6. The summed E-state index contributed by atoms with van der Waals surface area (Å²) in [6.07, 6.45) is 1.25. The summed E-state index contributed by atoms with van der Waals surface area (Å²) in [7, 11) is -10.9. The second-order valence-electron chi connectivity index (χ2n) is 6.99. The van der Waals surface area contributed by atoms with Crippen molar-refractivity contribution >= 4 is 26.1 Å². The normalized spacial score (nSPS) is 30.3. The standard InChI is InChI=1S/C13H21NO7S2/c1-8(10(14)15)13(22(16,17)18,23(19,20)21)12-6-4-9(5-7-12)11(12,2)3/h9H,1,4-7H2,2-3H3,(H2,14,15)(H,16,17,18)(H,19,20,21). The van der Waals surface area contributed by atoms with Gasteiger partial charge in [-0.05, 0) is 37.0 Å². The maximum atomic E-state index is 12.3. The Morgan fingerprint density at radius 1 is 1.13 bits per heavy atom. The Bertz CT molecular complexity index is 739. The molecule has 2 bridgehead atoms. The van der Waals surface area contributed by atoms with Crippen LogP contribution < -0.4 is 5.73 Å².